The van der Waals surface area contributed by atoms with Gasteiger partial charge in [0.15, 0.2) is 16.7 Å². The van der Waals surface area contributed by atoms with Gasteiger partial charge in [0, 0.05) is 28.4 Å². The lowest BCUT2D eigenvalue weighted by atomic mass is 10.2. The molecule has 0 fully saturated rings. The molecule has 162 valence electrons. The zero-order chi connectivity index (χ0) is 19.9. The van der Waals surface area contributed by atoms with Gasteiger partial charge in [-0.05, 0) is 30.7 Å². The Morgan fingerprint density at radius 2 is 1.84 bits per heavy atom. The summed E-state index contributed by atoms with van der Waals surface area (Å²) in [6.45, 7) is 2.45. The Bertz CT molecular complexity index is 1070. The van der Waals surface area contributed by atoms with Crippen LogP contribution in [0.2, 0.25) is 0 Å². The molecule has 1 N–H and O–H groups in total. The Labute approximate surface area is 202 Å². The van der Waals surface area contributed by atoms with E-state index < -0.39 is 0 Å². The van der Waals surface area contributed by atoms with E-state index in [2.05, 4.69) is 20.3 Å². The molecular weight excluding hydrogens is 471 g/mol. The predicted molar refractivity (Wildman–Crippen MR) is 133 cm³/mol. The molecule has 4 aromatic rings. The van der Waals surface area contributed by atoms with Gasteiger partial charge in [0.25, 0.3) is 0 Å². The molecule has 0 bridgehead atoms. The summed E-state index contributed by atoms with van der Waals surface area (Å²) in [6.07, 6.45) is 3.66. The maximum Gasteiger partial charge on any atom is 0.188 e. The largest absolute Gasteiger partial charge is 0.485 e. The van der Waals surface area contributed by atoms with Crippen LogP contribution in [0.3, 0.4) is 0 Å². The van der Waals surface area contributed by atoms with Crippen LogP contribution in [0, 0.1) is 6.92 Å². The molecule has 0 saturated heterocycles. The van der Waals surface area contributed by atoms with Crippen LogP contribution in [0.5, 0.6) is 5.75 Å². The fourth-order valence-corrected chi connectivity index (χ4v) is 4.09. The highest BCUT2D eigenvalue weighted by atomic mass is 35.5. The van der Waals surface area contributed by atoms with Gasteiger partial charge >= 0.3 is 0 Å². The molecule has 3 aromatic heterocycles. The van der Waals surface area contributed by atoms with E-state index >= 15 is 0 Å². The molecule has 1 aromatic carbocycles. The Morgan fingerprint density at radius 1 is 1.03 bits per heavy atom. The summed E-state index contributed by atoms with van der Waals surface area (Å²) in [4.78, 5) is 14.5. The van der Waals surface area contributed by atoms with E-state index in [0.29, 0.717) is 18.2 Å². The minimum atomic E-state index is 0. The third-order valence-corrected chi connectivity index (χ3v) is 5.89. The van der Waals surface area contributed by atoms with Crippen LogP contribution in [-0.4, -0.2) is 15.0 Å². The number of aryl methyl sites for hydroxylation is 1. The zero-order valence-electron chi connectivity index (χ0n) is 16.7. The van der Waals surface area contributed by atoms with Crippen LogP contribution in [-0.2, 0) is 12.4 Å². The van der Waals surface area contributed by atoms with Crippen LogP contribution in [0.25, 0.3) is 0 Å². The number of pyridine rings is 2. The second-order valence-electron chi connectivity index (χ2n) is 6.32. The van der Waals surface area contributed by atoms with Gasteiger partial charge in [-0.3, -0.25) is 4.98 Å². The van der Waals surface area contributed by atoms with Crippen molar-refractivity contribution < 1.29 is 4.74 Å². The smallest absolute Gasteiger partial charge is 0.188 e. The molecule has 5 nitrogen and oxygen atoms in total. The van der Waals surface area contributed by atoms with E-state index in [1.165, 1.54) is 0 Å². The Kier molecular flexibility index (Phi) is 10.1. The summed E-state index contributed by atoms with van der Waals surface area (Å²) in [6, 6.07) is 18.1. The fourth-order valence-electron chi connectivity index (χ4n) is 2.60. The molecule has 0 aliphatic rings. The van der Waals surface area contributed by atoms with Crippen molar-refractivity contribution in [2.45, 2.75) is 24.2 Å². The number of anilines is 2. The number of hydrogen-bond acceptors (Lipinski definition) is 7. The van der Waals surface area contributed by atoms with Gasteiger partial charge in [0.05, 0.1) is 11.4 Å². The van der Waals surface area contributed by atoms with Gasteiger partial charge in [-0.2, -0.15) is 0 Å². The first kappa shape index (κ1) is 24.9. The van der Waals surface area contributed by atoms with E-state index in [1.54, 1.807) is 23.1 Å². The fraction of sp³-hybridized carbons (Fsp3) is 0.136. The van der Waals surface area contributed by atoms with Gasteiger partial charge in [0.1, 0.15) is 6.61 Å². The van der Waals surface area contributed by atoms with Crippen molar-refractivity contribution in [3.05, 3.63) is 89.3 Å². The van der Waals surface area contributed by atoms with Crippen molar-refractivity contribution in [2.75, 3.05) is 5.32 Å². The van der Waals surface area contributed by atoms with Gasteiger partial charge < -0.3 is 10.1 Å². The average molecular weight is 493 g/mol. The monoisotopic (exact) mass is 492 g/mol. The van der Waals surface area contributed by atoms with Crippen LogP contribution in [0.1, 0.15) is 17.0 Å². The maximum atomic E-state index is 6.12. The summed E-state index contributed by atoms with van der Waals surface area (Å²) in [7, 11) is 0. The van der Waals surface area contributed by atoms with Crippen molar-refractivity contribution in [3.63, 3.8) is 0 Å². The number of ether oxygens (including phenoxy) is 1. The highest BCUT2D eigenvalue weighted by Crippen LogP contribution is 2.32. The Balaban J connectivity index is 0.00000171. The van der Waals surface area contributed by atoms with Crippen LogP contribution in [0.15, 0.2) is 77.3 Å². The third-order valence-electron chi connectivity index (χ3n) is 4.02. The molecule has 0 unspecified atom stereocenters. The van der Waals surface area contributed by atoms with Gasteiger partial charge in [0.2, 0.25) is 0 Å². The minimum Gasteiger partial charge on any atom is -0.485 e. The van der Waals surface area contributed by atoms with E-state index in [9.17, 15) is 0 Å². The molecule has 0 aliphatic carbocycles. The molecular formula is C22H22Cl2N4OS2. The third kappa shape index (κ3) is 7.40. The van der Waals surface area contributed by atoms with Crippen molar-refractivity contribution in [1.82, 2.24) is 15.0 Å². The number of rotatable bonds is 8. The number of benzene rings is 1. The van der Waals surface area contributed by atoms with Gasteiger partial charge in [-0.15, -0.1) is 47.9 Å². The summed E-state index contributed by atoms with van der Waals surface area (Å²) >= 11 is 3.23. The first-order chi connectivity index (χ1) is 14.3. The van der Waals surface area contributed by atoms with Crippen molar-refractivity contribution in [3.8, 4) is 5.75 Å². The Hall–Kier alpha value is -2.32. The first-order valence-electron chi connectivity index (χ1n) is 9.15. The SMILES string of the molecule is Cc1csc(Nc2ncc(SCc3ccccn3)cc2OCc2ccccc2)n1.Cl.Cl. The standard InChI is InChI=1S/C22H20N4OS2.2ClH/c1-16-14-29-22(25-16)26-21-20(27-13-17-7-3-2-4-8-17)11-19(12-24-21)28-15-18-9-5-6-10-23-18;;/h2-12,14H,13,15H2,1H3,(H,24,25,26);2*1H. The number of aromatic nitrogens is 3. The number of nitrogens with zero attached hydrogens (tertiary/aromatic N) is 3. The molecule has 4 rings (SSSR count). The minimum absolute atomic E-state index is 0. The Morgan fingerprint density at radius 3 is 2.55 bits per heavy atom. The lowest BCUT2D eigenvalue weighted by Crippen LogP contribution is -2.01. The average Bonchev–Trinajstić information content (AvgIpc) is 3.18. The summed E-state index contributed by atoms with van der Waals surface area (Å²) < 4.78 is 6.12. The van der Waals surface area contributed by atoms with Crippen LogP contribution < -0.4 is 10.1 Å². The second-order valence-corrected chi connectivity index (χ2v) is 8.23. The van der Waals surface area contributed by atoms with E-state index in [4.69, 9.17) is 4.74 Å². The predicted octanol–water partition coefficient (Wildman–Crippen LogP) is 6.70. The molecule has 0 spiro atoms. The second kappa shape index (κ2) is 12.5. The van der Waals surface area contributed by atoms with Crippen LogP contribution in [0.4, 0.5) is 10.9 Å². The number of halogens is 2. The number of thioether (sulfide) groups is 1. The summed E-state index contributed by atoms with van der Waals surface area (Å²) in [5.74, 6) is 2.14. The number of thiazole rings is 1. The van der Waals surface area contributed by atoms with E-state index in [1.807, 2.05) is 79.3 Å². The zero-order valence-corrected chi connectivity index (χ0v) is 20.0. The molecule has 9 heteroatoms. The molecule has 0 aliphatic heterocycles. The highest BCUT2D eigenvalue weighted by Gasteiger charge is 2.11. The molecule has 3 heterocycles. The molecule has 0 radical (unpaired) electrons. The molecule has 0 saturated carbocycles. The lowest BCUT2D eigenvalue weighted by Gasteiger charge is -2.13. The van der Waals surface area contributed by atoms with Crippen molar-refractivity contribution in [2.24, 2.45) is 0 Å². The molecule has 0 atom stereocenters. The van der Waals surface area contributed by atoms with E-state index in [-0.39, 0.29) is 24.8 Å². The van der Waals surface area contributed by atoms with Crippen LogP contribution >= 0.6 is 47.9 Å². The normalized spacial score (nSPS) is 9.97. The van der Waals surface area contributed by atoms with Gasteiger partial charge in [-0.1, -0.05) is 36.4 Å². The van der Waals surface area contributed by atoms with Gasteiger partial charge in [-0.25, -0.2) is 9.97 Å². The van der Waals surface area contributed by atoms with Crippen molar-refractivity contribution in [1.29, 1.82) is 0 Å². The summed E-state index contributed by atoms with van der Waals surface area (Å²) in [5.41, 5.74) is 3.12. The quantitative estimate of drug-likeness (QED) is 0.276. The first-order valence-corrected chi connectivity index (χ1v) is 11.0. The lowest BCUT2D eigenvalue weighted by molar-refractivity contribution is 0.306. The molecule has 31 heavy (non-hydrogen) atoms. The maximum absolute atomic E-state index is 6.12. The topological polar surface area (TPSA) is 59.9 Å². The van der Waals surface area contributed by atoms with Crippen molar-refractivity contribution >= 4 is 58.9 Å². The van der Waals surface area contributed by atoms with E-state index in [0.717, 1.165) is 32.7 Å². The number of nitrogens with one attached hydrogen (secondary N) is 1. The highest BCUT2D eigenvalue weighted by molar-refractivity contribution is 7.98. The summed E-state index contributed by atoms with van der Waals surface area (Å²) in [5, 5.41) is 6.08. The molecule has 0 amide bonds. The number of hydrogen-bond donors (Lipinski definition) is 1.